The lowest BCUT2D eigenvalue weighted by Gasteiger charge is -2.30. The lowest BCUT2D eigenvalue weighted by Crippen LogP contribution is -2.44. The molecule has 0 bridgehead atoms. The van der Waals surface area contributed by atoms with Gasteiger partial charge in [-0.25, -0.2) is 4.68 Å². The van der Waals surface area contributed by atoms with Gasteiger partial charge in [-0.2, -0.15) is 0 Å². The molecule has 0 saturated heterocycles. The van der Waals surface area contributed by atoms with Gasteiger partial charge in [0.15, 0.2) is 0 Å². The molecule has 0 unspecified atom stereocenters. The fraction of sp³-hybridized carbons (Fsp3) is 0.120. The molecule has 2 amide bonds. The van der Waals surface area contributed by atoms with Crippen LogP contribution in [0.15, 0.2) is 94.9 Å². The van der Waals surface area contributed by atoms with Crippen molar-refractivity contribution >= 4 is 39.9 Å². The first-order valence-corrected chi connectivity index (χ1v) is 11.6. The molecule has 0 saturated carbocycles. The quantitative estimate of drug-likeness (QED) is 0.367. The van der Waals surface area contributed by atoms with Crippen molar-refractivity contribution in [3.05, 3.63) is 101 Å². The van der Waals surface area contributed by atoms with Crippen LogP contribution in [0.1, 0.15) is 16.7 Å². The number of fused-ring (bicyclic) bond motifs is 1. The fourth-order valence-electron chi connectivity index (χ4n) is 3.77. The lowest BCUT2D eigenvalue weighted by atomic mass is 10.1. The summed E-state index contributed by atoms with van der Waals surface area (Å²) in [6, 6.07) is 23.0. The highest BCUT2D eigenvalue weighted by atomic mass is 32.1. The average Bonchev–Trinajstić information content (AvgIpc) is 3.64. The van der Waals surface area contributed by atoms with Crippen molar-refractivity contribution in [1.29, 1.82) is 0 Å². The molecule has 0 aliphatic carbocycles. The van der Waals surface area contributed by atoms with Crippen LogP contribution in [-0.2, 0) is 22.7 Å². The second-order valence-corrected chi connectivity index (χ2v) is 8.53. The molecule has 0 aliphatic rings. The topological polar surface area (TPSA) is 93.3 Å². The van der Waals surface area contributed by atoms with Gasteiger partial charge < -0.3 is 9.73 Å². The molecule has 0 spiro atoms. The van der Waals surface area contributed by atoms with E-state index in [0.29, 0.717) is 17.0 Å². The number of carbonyl (C=O) groups is 2. The van der Waals surface area contributed by atoms with Crippen LogP contribution in [0.25, 0.3) is 11.0 Å². The number of nitrogens with zero attached hydrogens (tertiary/aromatic N) is 4. The first kappa shape index (κ1) is 21.6. The van der Waals surface area contributed by atoms with Crippen LogP contribution in [0.2, 0.25) is 0 Å². The Hall–Kier alpha value is -4.24. The molecule has 2 aromatic carbocycles. The van der Waals surface area contributed by atoms with Crippen LogP contribution < -0.4 is 10.2 Å². The second kappa shape index (κ2) is 9.72. The van der Waals surface area contributed by atoms with E-state index in [0.717, 1.165) is 10.4 Å². The predicted octanol–water partition coefficient (Wildman–Crippen LogP) is 4.18. The zero-order valence-electron chi connectivity index (χ0n) is 18.1. The summed E-state index contributed by atoms with van der Waals surface area (Å²) in [5, 5.41) is 13.1. The van der Waals surface area contributed by atoms with E-state index in [-0.39, 0.29) is 24.9 Å². The van der Waals surface area contributed by atoms with Crippen LogP contribution >= 0.6 is 11.3 Å². The summed E-state index contributed by atoms with van der Waals surface area (Å²) >= 11 is 1.42. The van der Waals surface area contributed by atoms with E-state index in [1.807, 2.05) is 72.1 Å². The van der Waals surface area contributed by atoms with Gasteiger partial charge in [0.2, 0.25) is 11.8 Å². The molecule has 1 N–H and O–H groups in total. The normalized spacial score (nSPS) is 11.9. The van der Waals surface area contributed by atoms with Crippen LogP contribution in [0.4, 0.5) is 5.69 Å². The maximum absolute atomic E-state index is 13.8. The molecule has 0 radical (unpaired) electrons. The van der Waals surface area contributed by atoms with Gasteiger partial charge >= 0.3 is 0 Å². The van der Waals surface area contributed by atoms with Crippen molar-refractivity contribution < 1.29 is 14.0 Å². The Labute approximate surface area is 199 Å². The van der Waals surface area contributed by atoms with E-state index in [9.17, 15) is 9.59 Å². The van der Waals surface area contributed by atoms with Gasteiger partial charge in [0.25, 0.3) is 0 Å². The van der Waals surface area contributed by atoms with Gasteiger partial charge in [-0.05, 0) is 47.8 Å². The Bertz CT molecular complexity index is 1380. The number of aromatic nitrogens is 3. The number of rotatable bonds is 8. The second-order valence-electron chi connectivity index (χ2n) is 7.55. The molecule has 5 rings (SSSR count). The lowest BCUT2D eigenvalue weighted by molar-refractivity contribution is -0.127. The molecule has 0 aliphatic heterocycles. The van der Waals surface area contributed by atoms with Gasteiger partial charge in [-0.1, -0.05) is 41.6 Å². The van der Waals surface area contributed by atoms with E-state index in [4.69, 9.17) is 4.42 Å². The molecule has 0 fully saturated rings. The summed E-state index contributed by atoms with van der Waals surface area (Å²) in [4.78, 5) is 29.5. The van der Waals surface area contributed by atoms with Crippen molar-refractivity contribution in [2.75, 3.05) is 4.90 Å². The van der Waals surface area contributed by atoms with Crippen molar-refractivity contribution in [3.63, 3.8) is 0 Å². The minimum atomic E-state index is -0.861. The number of benzene rings is 2. The Morgan fingerprint density at radius 2 is 1.82 bits per heavy atom. The summed E-state index contributed by atoms with van der Waals surface area (Å²) in [6.45, 7) is 0.154. The third-order valence-electron chi connectivity index (χ3n) is 5.34. The Morgan fingerprint density at radius 3 is 2.59 bits per heavy atom. The minimum absolute atomic E-state index is 0.0667. The molecule has 9 heteroatoms. The monoisotopic (exact) mass is 471 g/mol. The Kier molecular flexibility index (Phi) is 6.17. The summed E-state index contributed by atoms with van der Waals surface area (Å²) < 4.78 is 6.90. The highest BCUT2D eigenvalue weighted by Crippen LogP contribution is 2.31. The summed E-state index contributed by atoms with van der Waals surface area (Å²) in [7, 11) is 0. The third kappa shape index (κ3) is 4.46. The number of anilines is 1. The van der Waals surface area contributed by atoms with Gasteiger partial charge in [-0.3, -0.25) is 14.5 Å². The maximum atomic E-state index is 13.8. The average molecular weight is 472 g/mol. The smallest absolute Gasteiger partial charge is 0.249 e. The van der Waals surface area contributed by atoms with E-state index < -0.39 is 6.04 Å². The predicted molar refractivity (Wildman–Crippen MR) is 129 cm³/mol. The van der Waals surface area contributed by atoms with Crippen LogP contribution in [0, 0.1) is 0 Å². The standard InChI is InChI=1S/C25H21N5O3S/c31-23(17-29-21-12-5-4-11-20(21)27-28-29)30(18-8-2-1-3-9-18)24(22-13-7-15-34-22)25(32)26-16-19-10-6-14-33-19/h1-15,24H,16-17H2,(H,26,32)/t24-/m0/s1. The summed E-state index contributed by atoms with van der Waals surface area (Å²) in [6.07, 6.45) is 1.56. The number of furan rings is 1. The zero-order chi connectivity index (χ0) is 23.3. The van der Waals surface area contributed by atoms with E-state index >= 15 is 0 Å². The fourth-order valence-corrected chi connectivity index (χ4v) is 4.58. The van der Waals surface area contributed by atoms with Crippen molar-refractivity contribution in [2.24, 2.45) is 0 Å². The van der Waals surface area contributed by atoms with Crippen molar-refractivity contribution in [1.82, 2.24) is 20.3 Å². The first-order valence-electron chi connectivity index (χ1n) is 10.7. The number of amides is 2. The van der Waals surface area contributed by atoms with Gasteiger partial charge in [0.1, 0.15) is 23.9 Å². The molecule has 8 nitrogen and oxygen atoms in total. The van der Waals surface area contributed by atoms with E-state index in [1.165, 1.54) is 16.2 Å². The first-order chi connectivity index (χ1) is 16.7. The van der Waals surface area contributed by atoms with E-state index in [2.05, 4.69) is 15.6 Å². The van der Waals surface area contributed by atoms with Crippen molar-refractivity contribution in [2.45, 2.75) is 19.1 Å². The molecule has 5 aromatic rings. The SMILES string of the molecule is O=C(NCc1ccco1)[C@H](c1cccs1)N(C(=O)Cn1nnc2ccccc21)c1ccccc1. The summed E-state index contributed by atoms with van der Waals surface area (Å²) in [5.41, 5.74) is 2.06. The van der Waals surface area contributed by atoms with Crippen LogP contribution in [-0.4, -0.2) is 26.8 Å². The zero-order valence-corrected chi connectivity index (χ0v) is 18.9. The molecule has 3 heterocycles. The molecular formula is C25H21N5O3S. The molecule has 170 valence electrons. The van der Waals surface area contributed by atoms with Gasteiger partial charge in [0, 0.05) is 10.6 Å². The minimum Gasteiger partial charge on any atom is -0.467 e. The number of nitrogens with one attached hydrogen (secondary N) is 1. The highest BCUT2D eigenvalue weighted by Gasteiger charge is 2.34. The van der Waals surface area contributed by atoms with Crippen molar-refractivity contribution in [3.8, 4) is 0 Å². The van der Waals surface area contributed by atoms with Gasteiger partial charge in [-0.15, -0.1) is 16.4 Å². The number of thiophene rings is 1. The molecule has 1 atom stereocenters. The third-order valence-corrected chi connectivity index (χ3v) is 6.27. The Balaban J connectivity index is 1.50. The number of para-hydroxylation sites is 2. The largest absolute Gasteiger partial charge is 0.467 e. The Morgan fingerprint density at radius 1 is 1.00 bits per heavy atom. The van der Waals surface area contributed by atoms with Crippen LogP contribution in [0.3, 0.4) is 0 Å². The van der Waals surface area contributed by atoms with Crippen LogP contribution in [0.5, 0.6) is 0 Å². The molecule has 3 aromatic heterocycles. The summed E-state index contributed by atoms with van der Waals surface area (Å²) in [5.74, 6) is 0.0397. The van der Waals surface area contributed by atoms with Gasteiger partial charge in [0.05, 0.1) is 18.3 Å². The highest BCUT2D eigenvalue weighted by molar-refractivity contribution is 7.10. The number of hydrogen-bond donors (Lipinski definition) is 1. The molecular weight excluding hydrogens is 450 g/mol. The maximum Gasteiger partial charge on any atom is 0.249 e. The van der Waals surface area contributed by atoms with E-state index in [1.54, 1.807) is 23.1 Å². The molecule has 34 heavy (non-hydrogen) atoms. The number of carbonyl (C=O) groups excluding carboxylic acids is 2. The number of hydrogen-bond acceptors (Lipinski definition) is 6.